The first-order chi connectivity index (χ1) is 6.70. The maximum Gasteiger partial charge on any atom is 0.0518 e. The van der Waals surface area contributed by atoms with Crippen LogP contribution in [0.15, 0.2) is 12.3 Å². The highest BCUT2D eigenvalue weighted by Crippen LogP contribution is 1.97. The van der Waals surface area contributed by atoms with E-state index in [-0.39, 0.29) is 6.10 Å². The number of hydrogen-bond acceptors (Lipinski definition) is 3. The summed E-state index contributed by atoms with van der Waals surface area (Å²) in [5, 5.41) is 16.4. The average Bonchev–Trinajstić information content (AvgIpc) is 2.51. The third kappa shape index (κ3) is 3.89. The molecule has 14 heavy (non-hydrogen) atoms. The highest BCUT2D eigenvalue weighted by Gasteiger charge is 1.98. The predicted octanol–water partition coefficient (Wildman–Crippen LogP) is 0.671. The Kier molecular flexibility index (Phi) is 4.62. The maximum atomic E-state index is 9.04. The zero-order chi connectivity index (χ0) is 10.4. The van der Waals surface area contributed by atoms with Gasteiger partial charge in [-0.05, 0) is 32.4 Å². The van der Waals surface area contributed by atoms with E-state index in [0.717, 1.165) is 25.9 Å². The van der Waals surface area contributed by atoms with Gasteiger partial charge in [0.25, 0.3) is 0 Å². The second kappa shape index (κ2) is 5.78. The van der Waals surface area contributed by atoms with Crippen molar-refractivity contribution in [3.05, 3.63) is 18.0 Å². The summed E-state index contributed by atoms with van der Waals surface area (Å²) in [4.78, 5) is 0. The van der Waals surface area contributed by atoms with Gasteiger partial charge in [-0.1, -0.05) is 0 Å². The molecule has 0 radical (unpaired) electrons. The number of aromatic nitrogens is 2. The number of aryl methyl sites for hydroxylation is 1. The Morgan fingerprint density at radius 3 is 3.00 bits per heavy atom. The number of aliphatic hydroxyl groups excluding tert-OH is 1. The molecule has 0 spiro atoms. The van der Waals surface area contributed by atoms with Gasteiger partial charge in [0, 0.05) is 19.8 Å². The Hall–Kier alpha value is -0.870. The second-order valence-electron chi connectivity index (χ2n) is 3.61. The van der Waals surface area contributed by atoms with Crippen LogP contribution in [0.25, 0.3) is 0 Å². The molecule has 1 unspecified atom stereocenters. The van der Waals surface area contributed by atoms with Gasteiger partial charge in [-0.15, -0.1) is 0 Å². The van der Waals surface area contributed by atoms with Crippen molar-refractivity contribution in [1.29, 1.82) is 0 Å². The molecule has 1 aromatic rings. The molecule has 80 valence electrons. The van der Waals surface area contributed by atoms with Crippen molar-refractivity contribution in [3.8, 4) is 0 Å². The zero-order valence-electron chi connectivity index (χ0n) is 8.90. The number of hydrogen-bond donors (Lipinski definition) is 2. The summed E-state index contributed by atoms with van der Waals surface area (Å²) in [6.45, 7) is 3.60. The van der Waals surface area contributed by atoms with E-state index in [2.05, 4.69) is 10.4 Å². The second-order valence-corrected chi connectivity index (χ2v) is 3.61. The van der Waals surface area contributed by atoms with Crippen LogP contribution in [-0.2, 0) is 13.6 Å². The summed E-state index contributed by atoms with van der Waals surface area (Å²) < 4.78 is 1.86. The lowest BCUT2D eigenvalue weighted by molar-refractivity contribution is 0.181. The molecular weight excluding hydrogens is 178 g/mol. The lowest BCUT2D eigenvalue weighted by Gasteiger charge is -2.06. The van der Waals surface area contributed by atoms with E-state index >= 15 is 0 Å². The lowest BCUT2D eigenvalue weighted by Crippen LogP contribution is -2.18. The first-order valence-electron chi connectivity index (χ1n) is 5.06. The van der Waals surface area contributed by atoms with Gasteiger partial charge in [-0.25, -0.2) is 0 Å². The largest absolute Gasteiger partial charge is 0.393 e. The Morgan fingerprint density at radius 2 is 2.43 bits per heavy atom. The molecule has 0 aliphatic heterocycles. The van der Waals surface area contributed by atoms with Gasteiger partial charge < -0.3 is 10.4 Å². The zero-order valence-corrected chi connectivity index (χ0v) is 8.90. The van der Waals surface area contributed by atoms with Crippen molar-refractivity contribution in [2.75, 3.05) is 6.54 Å². The van der Waals surface area contributed by atoms with Crippen LogP contribution in [0.4, 0.5) is 0 Å². The highest BCUT2D eigenvalue weighted by atomic mass is 16.3. The van der Waals surface area contributed by atoms with Crippen molar-refractivity contribution in [2.24, 2.45) is 7.05 Å². The van der Waals surface area contributed by atoms with E-state index < -0.39 is 0 Å². The first-order valence-corrected chi connectivity index (χ1v) is 5.06. The topological polar surface area (TPSA) is 50.1 Å². The molecule has 0 saturated carbocycles. The molecule has 1 aromatic heterocycles. The molecule has 0 aromatic carbocycles. The van der Waals surface area contributed by atoms with Crippen molar-refractivity contribution >= 4 is 0 Å². The molecule has 0 saturated heterocycles. The van der Waals surface area contributed by atoms with E-state index in [1.165, 1.54) is 5.69 Å². The van der Waals surface area contributed by atoms with Crippen LogP contribution in [0.1, 0.15) is 25.5 Å². The fourth-order valence-corrected chi connectivity index (χ4v) is 1.31. The molecule has 2 N–H and O–H groups in total. The molecule has 0 bridgehead atoms. The van der Waals surface area contributed by atoms with Crippen LogP contribution in [0, 0.1) is 0 Å². The third-order valence-corrected chi connectivity index (χ3v) is 2.20. The molecule has 1 atom stereocenters. The van der Waals surface area contributed by atoms with Crippen molar-refractivity contribution < 1.29 is 5.11 Å². The van der Waals surface area contributed by atoms with E-state index in [4.69, 9.17) is 5.11 Å². The van der Waals surface area contributed by atoms with E-state index in [1.807, 2.05) is 24.7 Å². The summed E-state index contributed by atoms with van der Waals surface area (Å²) in [7, 11) is 1.94. The Labute approximate surface area is 84.9 Å². The molecule has 0 aliphatic rings. The van der Waals surface area contributed by atoms with E-state index in [0.29, 0.717) is 0 Å². The van der Waals surface area contributed by atoms with Crippen LogP contribution in [-0.4, -0.2) is 27.5 Å². The summed E-state index contributed by atoms with van der Waals surface area (Å²) in [5.41, 5.74) is 1.18. The normalized spacial score (nSPS) is 13.1. The van der Waals surface area contributed by atoms with E-state index in [1.54, 1.807) is 6.20 Å². The van der Waals surface area contributed by atoms with Crippen LogP contribution in [0.2, 0.25) is 0 Å². The minimum Gasteiger partial charge on any atom is -0.393 e. The third-order valence-electron chi connectivity index (χ3n) is 2.20. The average molecular weight is 197 g/mol. The highest BCUT2D eigenvalue weighted by molar-refractivity contribution is 4.98. The number of aliphatic hydroxyl groups is 1. The molecule has 4 nitrogen and oxygen atoms in total. The SMILES string of the molecule is CC(O)CCCNCc1ccnn1C. The molecule has 0 amide bonds. The quantitative estimate of drug-likeness (QED) is 0.659. The smallest absolute Gasteiger partial charge is 0.0518 e. The minimum absolute atomic E-state index is 0.187. The van der Waals surface area contributed by atoms with Crippen molar-refractivity contribution in [3.63, 3.8) is 0 Å². The van der Waals surface area contributed by atoms with Gasteiger partial charge >= 0.3 is 0 Å². The van der Waals surface area contributed by atoms with Gasteiger partial charge in [0.15, 0.2) is 0 Å². The van der Waals surface area contributed by atoms with Crippen LogP contribution in [0.5, 0.6) is 0 Å². The van der Waals surface area contributed by atoms with Crippen LogP contribution < -0.4 is 5.32 Å². The van der Waals surface area contributed by atoms with E-state index in [9.17, 15) is 0 Å². The van der Waals surface area contributed by atoms with Gasteiger partial charge in [-0.3, -0.25) is 4.68 Å². The Morgan fingerprint density at radius 1 is 1.64 bits per heavy atom. The number of nitrogens with one attached hydrogen (secondary N) is 1. The minimum atomic E-state index is -0.187. The fraction of sp³-hybridized carbons (Fsp3) is 0.700. The molecule has 0 aliphatic carbocycles. The molecule has 1 rings (SSSR count). The molecule has 4 heteroatoms. The molecule has 0 fully saturated rings. The van der Waals surface area contributed by atoms with Gasteiger partial charge in [0.05, 0.1) is 11.8 Å². The Bertz CT molecular complexity index is 258. The fourth-order valence-electron chi connectivity index (χ4n) is 1.31. The standard InChI is InChI=1S/C10H19N3O/c1-9(14)4-3-6-11-8-10-5-7-12-13(10)2/h5,7,9,11,14H,3-4,6,8H2,1-2H3. The summed E-state index contributed by atoms with van der Waals surface area (Å²) in [6, 6.07) is 2.00. The van der Waals surface area contributed by atoms with Crippen molar-refractivity contribution in [2.45, 2.75) is 32.4 Å². The summed E-state index contributed by atoms with van der Waals surface area (Å²) in [6.07, 6.45) is 3.48. The first kappa shape index (κ1) is 11.2. The summed E-state index contributed by atoms with van der Waals surface area (Å²) >= 11 is 0. The predicted molar refractivity (Wildman–Crippen MR) is 55.8 cm³/mol. The number of rotatable bonds is 6. The van der Waals surface area contributed by atoms with Gasteiger partial charge in [-0.2, -0.15) is 5.10 Å². The maximum absolute atomic E-state index is 9.04. The van der Waals surface area contributed by atoms with Crippen LogP contribution in [0.3, 0.4) is 0 Å². The van der Waals surface area contributed by atoms with Gasteiger partial charge in [0.2, 0.25) is 0 Å². The Balaban J connectivity index is 2.08. The summed E-state index contributed by atoms with van der Waals surface area (Å²) in [5.74, 6) is 0. The van der Waals surface area contributed by atoms with Crippen LogP contribution >= 0.6 is 0 Å². The molecule has 1 heterocycles. The number of nitrogens with zero attached hydrogens (tertiary/aromatic N) is 2. The molecular formula is C10H19N3O. The van der Waals surface area contributed by atoms with Gasteiger partial charge in [0.1, 0.15) is 0 Å². The van der Waals surface area contributed by atoms with Crippen molar-refractivity contribution in [1.82, 2.24) is 15.1 Å². The lowest BCUT2D eigenvalue weighted by atomic mass is 10.2. The monoisotopic (exact) mass is 197 g/mol.